The van der Waals surface area contributed by atoms with Crippen LogP contribution in [0.4, 0.5) is 4.79 Å². The quantitative estimate of drug-likeness (QED) is 0.733. The largest absolute Gasteiger partial charge is 0.350 e. The monoisotopic (exact) mass is 253 g/mol. The van der Waals surface area contributed by atoms with E-state index in [2.05, 4.69) is 29.6 Å². The first kappa shape index (κ1) is 12.7. The van der Waals surface area contributed by atoms with E-state index in [1.165, 1.54) is 0 Å². The Morgan fingerprint density at radius 3 is 2.05 bits per heavy atom. The molecule has 0 fully saturated rings. The third-order valence-corrected chi connectivity index (χ3v) is 2.68. The number of urea groups is 1. The Labute approximate surface area is 111 Å². The van der Waals surface area contributed by atoms with Gasteiger partial charge in [-0.25, -0.2) is 4.79 Å². The molecule has 2 amide bonds. The van der Waals surface area contributed by atoms with E-state index in [1.807, 2.05) is 42.5 Å². The van der Waals surface area contributed by atoms with Crippen LogP contribution in [0.25, 0.3) is 16.8 Å². The molecule has 4 heteroatoms. The lowest BCUT2D eigenvalue weighted by Gasteiger charge is -2.10. The van der Waals surface area contributed by atoms with E-state index in [1.54, 1.807) is 0 Å². The van der Waals surface area contributed by atoms with E-state index in [4.69, 9.17) is 5.73 Å². The average Bonchev–Trinajstić information content (AvgIpc) is 2.46. The van der Waals surface area contributed by atoms with Gasteiger partial charge >= 0.3 is 6.03 Å². The minimum atomic E-state index is -0.651. The van der Waals surface area contributed by atoms with E-state index in [9.17, 15) is 4.79 Å². The van der Waals surface area contributed by atoms with Crippen molar-refractivity contribution in [2.75, 3.05) is 0 Å². The van der Waals surface area contributed by atoms with Crippen molar-refractivity contribution < 1.29 is 4.79 Å². The van der Waals surface area contributed by atoms with Gasteiger partial charge in [0, 0.05) is 0 Å². The Kier molecular flexibility index (Phi) is 3.83. The van der Waals surface area contributed by atoms with E-state index < -0.39 is 6.03 Å². The summed E-state index contributed by atoms with van der Waals surface area (Å²) < 4.78 is 0. The molecule has 0 aliphatic rings. The van der Waals surface area contributed by atoms with Crippen molar-refractivity contribution in [1.82, 2.24) is 10.9 Å². The summed E-state index contributed by atoms with van der Waals surface area (Å²) in [5.74, 6) is 0. The molecule has 0 aliphatic carbocycles. The molecule has 0 unspecified atom stereocenters. The molecule has 4 nitrogen and oxygen atoms in total. The van der Waals surface area contributed by atoms with Gasteiger partial charge in [0.2, 0.25) is 0 Å². The summed E-state index contributed by atoms with van der Waals surface area (Å²) in [6.07, 6.45) is 0. The average molecular weight is 253 g/mol. The van der Waals surface area contributed by atoms with Gasteiger partial charge in [-0.2, -0.15) is 0 Å². The number of benzene rings is 2. The zero-order valence-corrected chi connectivity index (χ0v) is 10.4. The number of nitrogens with one attached hydrogen (secondary N) is 2. The number of primary amides is 1. The van der Waals surface area contributed by atoms with Gasteiger partial charge in [0.15, 0.2) is 0 Å². The second kappa shape index (κ2) is 5.73. The van der Waals surface area contributed by atoms with Crippen LogP contribution in [0.2, 0.25) is 0 Å². The summed E-state index contributed by atoms with van der Waals surface area (Å²) >= 11 is 0. The second-order valence-electron chi connectivity index (χ2n) is 4.04. The lowest BCUT2D eigenvalue weighted by atomic mass is 10.0. The van der Waals surface area contributed by atoms with Crippen molar-refractivity contribution in [1.29, 1.82) is 0 Å². The number of nitrogens with two attached hydrogens (primary N) is 1. The van der Waals surface area contributed by atoms with Crippen molar-refractivity contribution in [3.05, 3.63) is 66.7 Å². The van der Waals surface area contributed by atoms with Gasteiger partial charge in [-0.1, -0.05) is 61.2 Å². The van der Waals surface area contributed by atoms with Crippen LogP contribution in [0.1, 0.15) is 5.56 Å². The highest BCUT2D eigenvalue weighted by Gasteiger charge is 2.01. The lowest BCUT2D eigenvalue weighted by Crippen LogP contribution is -2.39. The minimum absolute atomic E-state index is 0.582. The SMILES string of the molecule is C=C(NNC(N)=O)c1ccc(-c2ccccc2)cc1. The predicted octanol–water partition coefficient (Wildman–Crippen LogP) is 2.50. The molecular weight excluding hydrogens is 238 g/mol. The first-order chi connectivity index (χ1) is 9.16. The van der Waals surface area contributed by atoms with E-state index in [-0.39, 0.29) is 0 Å². The molecule has 0 saturated heterocycles. The maximum Gasteiger partial charge on any atom is 0.330 e. The number of rotatable bonds is 4. The highest BCUT2D eigenvalue weighted by Crippen LogP contribution is 2.20. The van der Waals surface area contributed by atoms with E-state index in [0.29, 0.717) is 5.70 Å². The predicted molar refractivity (Wildman–Crippen MR) is 76.8 cm³/mol. The van der Waals surface area contributed by atoms with Crippen molar-refractivity contribution >= 4 is 11.7 Å². The van der Waals surface area contributed by atoms with Crippen LogP contribution in [0, 0.1) is 0 Å². The summed E-state index contributed by atoms with van der Waals surface area (Å²) in [5, 5.41) is 0. The third kappa shape index (κ3) is 3.35. The van der Waals surface area contributed by atoms with Gasteiger partial charge in [0.25, 0.3) is 0 Å². The summed E-state index contributed by atoms with van der Waals surface area (Å²) in [6.45, 7) is 3.82. The fourth-order valence-electron chi connectivity index (χ4n) is 1.70. The highest BCUT2D eigenvalue weighted by atomic mass is 16.2. The lowest BCUT2D eigenvalue weighted by molar-refractivity contribution is 0.247. The Balaban J connectivity index is 2.10. The number of hydrogen-bond acceptors (Lipinski definition) is 2. The molecule has 2 aromatic carbocycles. The molecule has 0 aromatic heterocycles. The van der Waals surface area contributed by atoms with Gasteiger partial charge in [-0.05, 0) is 16.7 Å². The molecule has 0 spiro atoms. The summed E-state index contributed by atoms with van der Waals surface area (Å²) in [6, 6.07) is 17.3. The van der Waals surface area contributed by atoms with Crippen LogP contribution in [0.15, 0.2) is 61.2 Å². The van der Waals surface area contributed by atoms with Crippen LogP contribution < -0.4 is 16.6 Å². The topological polar surface area (TPSA) is 67.2 Å². The van der Waals surface area contributed by atoms with Crippen LogP contribution >= 0.6 is 0 Å². The zero-order chi connectivity index (χ0) is 13.7. The van der Waals surface area contributed by atoms with Crippen LogP contribution in [-0.2, 0) is 0 Å². The summed E-state index contributed by atoms with van der Waals surface area (Å²) in [4.78, 5) is 10.6. The zero-order valence-electron chi connectivity index (χ0n) is 10.4. The fourth-order valence-corrected chi connectivity index (χ4v) is 1.70. The second-order valence-corrected chi connectivity index (χ2v) is 4.04. The smallest absolute Gasteiger partial charge is 0.330 e. The maximum absolute atomic E-state index is 10.6. The molecule has 0 bridgehead atoms. The van der Waals surface area contributed by atoms with Crippen molar-refractivity contribution in [2.45, 2.75) is 0 Å². The van der Waals surface area contributed by atoms with E-state index >= 15 is 0 Å². The minimum Gasteiger partial charge on any atom is -0.350 e. The first-order valence-electron chi connectivity index (χ1n) is 5.83. The van der Waals surface area contributed by atoms with Crippen molar-refractivity contribution in [2.24, 2.45) is 5.73 Å². The molecule has 0 radical (unpaired) electrons. The number of hydrogen-bond donors (Lipinski definition) is 3. The normalized spacial score (nSPS) is 9.68. The Morgan fingerprint density at radius 1 is 0.895 bits per heavy atom. The van der Waals surface area contributed by atoms with Gasteiger partial charge in [-0.15, -0.1) is 0 Å². The fraction of sp³-hybridized carbons (Fsp3) is 0. The van der Waals surface area contributed by atoms with Gasteiger partial charge in [-0.3, -0.25) is 10.9 Å². The summed E-state index contributed by atoms with van der Waals surface area (Å²) in [5.41, 5.74) is 13.6. The molecule has 96 valence electrons. The first-order valence-corrected chi connectivity index (χ1v) is 5.83. The Morgan fingerprint density at radius 2 is 1.47 bits per heavy atom. The van der Waals surface area contributed by atoms with Gasteiger partial charge < -0.3 is 5.73 Å². The van der Waals surface area contributed by atoms with Crippen LogP contribution in [0.3, 0.4) is 0 Å². The molecule has 4 N–H and O–H groups in total. The van der Waals surface area contributed by atoms with Crippen LogP contribution in [0.5, 0.6) is 0 Å². The molecular formula is C15H15N3O. The number of amides is 2. The maximum atomic E-state index is 10.6. The molecule has 0 aliphatic heterocycles. The van der Waals surface area contributed by atoms with Crippen molar-refractivity contribution in [3.63, 3.8) is 0 Å². The molecule has 0 atom stereocenters. The molecule has 0 heterocycles. The van der Waals surface area contributed by atoms with Gasteiger partial charge in [0.1, 0.15) is 0 Å². The Bertz CT molecular complexity index is 576. The highest BCUT2D eigenvalue weighted by molar-refractivity contribution is 5.74. The molecule has 2 rings (SSSR count). The van der Waals surface area contributed by atoms with E-state index in [0.717, 1.165) is 16.7 Å². The third-order valence-electron chi connectivity index (χ3n) is 2.68. The molecule has 2 aromatic rings. The van der Waals surface area contributed by atoms with Gasteiger partial charge in [0.05, 0.1) is 5.70 Å². The Hall–Kier alpha value is -2.75. The standard InChI is InChI=1S/C15H15N3O/c1-11(17-18-15(16)19)12-7-9-14(10-8-12)13-5-3-2-4-6-13/h2-10,17H,1H2,(H3,16,18,19). The van der Waals surface area contributed by atoms with Crippen LogP contribution in [-0.4, -0.2) is 6.03 Å². The molecule has 19 heavy (non-hydrogen) atoms. The number of carbonyl (C=O) groups excluding carboxylic acids is 1. The summed E-state index contributed by atoms with van der Waals surface area (Å²) in [7, 11) is 0. The van der Waals surface area contributed by atoms with Crippen molar-refractivity contribution in [3.8, 4) is 11.1 Å². The number of carbonyl (C=O) groups is 1. The number of hydrazine groups is 1. The molecule has 0 saturated carbocycles.